The van der Waals surface area contributed by atoms with Gasteiger partial charge in [0.1, 0.15) is 11.4 Å². The summed E-state index contributed by atoms with van der Waals surface area (Å²) < 4.78 is 27.0. The minimum atomic E-state index is -0.386. The Kier molecular flexibility index (Phi) is 5.92. The fourth-order valence-corrected chi connectivity index (χ4v) is 8.29. The van der Waals surface area contributed by atoms with E-state index in [0.29, 0.717) is 5.58 Å². The Morgan fingerprint density at radius 1 is 0.562 bits per heavy atom. The Hall–Kier alpha value is -6.04. The molecule has 0 unspecified atom stereocenters. The van der Waals surface area contributed by atoms with Crippen LogP contribution in [0, 0.1) is 5.82 Å². The predicted octanol–water partition coefficient (Wildman–Crippen LogP) is 12.4. The molecule has 0 bridgehead atoms. The molecule has 0 spiro atoms. The molecule has 10 aromatic rings. The van der Waals surface area contributed by atoms with Crippen molar-refractivity contribution in [2.45, 2.75) is 0 Å². The summed E-state index contributed by atoms with van der Waals surface area (Å²) in [4.78, 5) is 5.24. The number of fused-ring (bicyclic) bond motifs is 7. The summed E-state index contributed by atoms with van der Waals surface area (Å²) in [5.41, 5.74) is 8.56. The molecule has 3 nitrogen and oxygen atoms in total. The number of hydrogen-bond acceptors (Lipinski definition) is 3. The van der Waals surface area contributed by atoms with Gasteiger partial charge in [0.05, 0.1) is 22.3 Å². The smallest absolute Gasteiger partial charge is 0.171 e. The monoisotopic (exact) mass is 636 g/mol. The van der Waals surface area contributed by atoms with E-state index in [-0.39, 0.29) is 11.4 Å². The molecule has 3 heterocycles. The highest BCUT2D eigenvalue weighted by atomic mass is 32.1. The van der Waals surface area contributed by atoms with Crippen LogP contribution in [0.25, 0.3) is 92.5 Å². The van der Waals surface area contributed by atoms with Crippen molar-refractivity contribution in [2.75, 3.05) is 0 Å². The van der Waals surface area contributed by atoms with Gasteiger partial charge in [-0.15, -0.1) is 11.3 Å². The Bertz CT molecular complexity index is 2850. The van der Waals surface area contributed by atoms with Crippen molar-refractivity contribution in [3.63, 3.8) is 0 Å². The number of rotatable bonds is 4. The number of imidazole rings is 1. The van der Waals surface area contributed by atoms with Crippen molar-refractivity contribution in [1.82, 2.24) is 9.55 Å². The molecule has 10 rings (SSSR count). The van der Waals surface area contributed by atoms with E-state index in [9.17, 15) is 0 Å². The zero-order valence-electron chi connectivity index (χ0n) is 25.5. The first-order valence-electron chi connectivity index (χ1n) is 15.9. The molecule has 3 aromatic heterocycles. The van der Waals surface area contributed by atoms with E-state index < -0.39 is 0 Å². The third kappa shape index (κ3) is 4.01. The number of thiophene rings is 1. The van der Waals surface area contributed by atoms with Crippen LogP contribution in [0.5, 0.6) is 0 Å². The lowest BCUT2D eigenvalue weighted by atomic mass is 9.97. The third-order valence-corrected chi connectivity index (χ3v) is 10.4. The highest BCUT2D eigenvalue weighted by Gasteiger charge is 2.24. The van der Waals surface area contributed by atoms with Crippen molar-refractivity contribution in [3.05, 3.63) is 157 Å². The molecule has 7 aromatic carbocycles. The number of nitrogens with zero attached hydrogens (tertiary/aromatic N) is 2. The molecule has 0 amide bonds. The molecule has 0 aliphatic rings. The summed E-state index contributed by atoms with van der Waals surface area (Å²) in [6.07, 6.45) is 0. The summed E-state index contributed by atoms with van der Waals surface area (Å²) in [6, 6.07) is 51.4. The number of para-hydroxylation sites is 3. The van der Waals surface area contributed by atoms with Crippen LogP contribution in [0.2, 0.25) is 0 Å². The molecule has 5 heteroatoms. The molecular formula is C43H25FN2OS. The average molecular weight is 637 g/mol. The van der Waals surface area contributed by atoms with Crippen molar-refractivity contribution >= 4 is 64.5 Å². The van der Waals surface area contributed by atoms with E-state index in [1.54, 1.807) is 6.07 Å². The largest absolute Gasteiger partial charge is 0.452 e. The zero-order chi connectivity index (χ0) is 31.8. The molecule has 0 saturated heterocycles. The van der Waals surface area contributed by atoms with Gasteiger partial charge in [0, 0.05) is 36.5 Å². The van der Waals surface area contributed by atoms with Gasteiger partial charge in [0.25, 0.3) is 0 Å². The van der Waals surface area contributed by atoms with Gasteiger partial charge in [-0.2, -0.15) is 0 Å². The third-order valence-electron chi connectivity index (χ3n) is 9.29. The van der Waals surface area contributed by atoms with Crippen LogP contribution in [-0.4, -0.2) is 9.55 Å². The standard InChI is InChI=1S/C43H25FN2OS/c44-33-25-28(26-12-3-1-4-13-26)24-32-29-17-11-18-31(41(29)47-42(32)33)43-45-34-19-8-9-20-35(34)46(43)36-22-23-38-40(30-16-7-10-21-37(30)48-38)39(36)27-14-5-2-6-15-27/h1-25H. The van der Waals surface area contributed by atoms with Crippen molar-refractivity contribution in [2.24, 2.45) is 0 Å². The average Bonchev–Trinajstić information content (AvgIpc) is 3.84. The van der Waals surface area contributed by atoms with Gasteiger partial charge in [-0.05, 0) is 65.2 Å². The highest BCUT2D eigenvalue weighted by molar-refractivity contribution is 7.26. The van der Waals surface area contributed by atoms with E-state index in [2.05, 4.69) is 77.4 Å². The molecule has 48 heavy (non-hydrogen) atoms. The Labute approximate surface area is 278 Å². The summed E-state index contributed by atoms with van der Waals surface area (Å²) in [5, 5.41) is 4.04. The first kappa shape index (κ1) is 27.1. The second-order valence-electron chi connectivity index (χ2n) is 12.0. The van der Waals surface area contributed by atoms with Gasteiger partial charge in [-0.25, -0.2) is 9.37 Å². The minimum Gasteiger partial charge on any atom is -0.452 e. The molecule has 226 valence electrons. The lowest BCUT2D eigenvalue weighted by molar-refractivity contribution is 0.585. The van der Waals surface area contributed by atoms with Crippen molar-refractivity contribution < 1.29 is 8.81 Å². The topological polar surface area (TPSA) is 31.0 Å². The summed E-state index contributed by atoms with van der Waals surface area (Å²) in [7, 11) is 0. The maximum atomic E-state index is 15.8. The maximum absolute atomic E-state index is 15.8. The Balaban J connectivity index is 1.30. The minimum absolute atomic E-state index is 0.246. The SMILES string of the molecule is Fc1cc(-c2ccccc2)cc2c1oc1c(-c3nc4ccccc4n3-c3ccc4sc5ccccc5c4c3-c3ccccc3)cccc12. The molecule has 0 aliphatic carbocycles. The van der Waals surface area contributed by atoms with Gasteiger partial charge in [0.2, 0.25) is 0 Å². The van der Waals surface area contributed by atoms with Crippen LogP contribution in [0.3, 0.4) is 0 Å². The summed E-state index contributed by atoms with van der Waals surface area (Å²) in [6.45, 7) is 0. The van der Waals surface area contributed by atoms with Crippen LogP contribution >= 0.6 is 11.3 Å². The number of furan rings is 1. The lowest BCUT2D eigenvalue weighted by Crippen LogP contribution is -2.01. The van der Waals surface area contributed by atoms with Crippen LogP contribution in [0.4, 0.5) is 4.39 Å². The normalized spacial score (nSPS) is 11.9. The molecule has 0 saturated carbocycles. The van der Waals surface area contributed by atoms with E-state index >= 15 is 4.39 Å². The lowest BCUT2D eigenvalue weighted by Gasteiger charge is -2.17. The molecule has 0 fully saturated rings. The highest BCUT2D eigenvalue weighted by Crippen LogP contribution is 2.46. The van der Waals surface area contributed by atoms with Gasteiger partial charge >= 0.3 is 0 Å². The second-order valence-corrected chi connectivity index (χ2v) is 13.1. The first-order valence-corrected chi connectivity index (χ1v) is 16.7. The molecular weight excluding hydrogens is 612 g/mol. The predicted molar refractivity (Wildman–Crippen MR) is 198 cm³/mol. The quantitative estimate of drug-likeness (QED) is 0.192. The molecule has 0 aliphatic heterocycles. The van der Waals surface area contributed by atoms with Crippen LogP contribution in [0.15, 0.2) is 156 Å². The Morgan fingerprint density at radius 2 is 1.29 bits per heavy atom. The Morgan fingerprint density at radius 3 is 2.15 bits per heavy atom. The van der Waals surface area contributed by atoms with E-state index in [1.807, 2.05) is 84.1 Å². The van der Waals surface area contributed by atoms with Crippen molar-refractivity contribution in [3.8, 4) is 39.3 Å². The van der Waals surface area contributed by atoms with Gasteiger partial charge in [-0.3, -0.25) is 4.57 Å². The maximum Gasteiger partial charge on any atom is 0.171 e. The van der Waals surface area contributed by atoms with Crippen LogP contribution < -0.4 is 0 Å². The molecule has 0 atom stereocenters. The number of hydrogen-bond donors (Lipinski definition) is 0. The van der Waals surface area contributed by atoms with Crippen molar-refractivity contribution in [1.29, 1.82) is 0 Å². The summed E-state index contributed by atoms with van der Waals surface area (Å²) >= 11 is 1.81. The fraction of sp³-hybridized carbons (Fsp3) is 0. The second kappa shape index (κ2) is 10.5. The summed E-state index contributed by atoms with van der Waals surface area (Å²) in [5.74, 6) is 0.351. The molecule has 0 N–H and O–H groups in total. The first-order chi connectivity index (χ1) is 23.7. The number of benzene rings is 7. The zero-order valence-corrected chi connectivity index (χ0v) is 26.3. The number of aromatic nitrogens is 2. The van der Waals surface area contributed by atoms with Gasteiger partial charge < -0.3 is 4.42 Å². The van der Waals surface area contributed by atoms with E-state index in [4.69, 9.17) is 9.40 Å². The van der Waals surface area contributed by atoms with Gasteiger partial charge in [-0.1, -0.05) is 103 Å². The molecule has 0 radical (unpaired) electrons. The van der Waals surface area contributed by atoms with E-state index in [0.717, 1.165) is 61.1 Å². The van der Waals surface area contributed by atoms with E-state index in [1.165, 1.54) is 20.2 Å². The van der Waals surface area contributed by atoms with Crippen LogP contribution in [0.1, 0.15) is 0 Å². The fourth-order valence-electron chi connectivity index (χ4n) is 7.17. The van der Waals surface area contributed by atoms with Gasteiger partial charge in [0.15, 0.2) is 11.4 Å². The number of halogens is 1. The van der Waals surface area contributed by atoms with Crippen LogP contribution in [-0.2, 0) is 0 Å².